The van der Waals surface area contributed by atoms with Crippen LogP contribution in [0, 0.1) is 0 Å². The lowest BCUT2D eigenvalue weighted by molar-refractivity contribution is -0.118. The van der Waals surface area contributed by atoms with Crippen molar-refractivity contribution in [2.75, 3.05) is 21.3 Å². The summed E-state index contributed by atoms with van der Waals surface area (Å²) >= 11 is 0. The van der Waals surface area contributed by atoms with Crippen LogP contribution in [0.5, 0.6) is 23.0 Å². The molecule has 0 saturated heterocycles. The van der Waals surface area contributed by atoms with E-state index in [0.29, 0.717) is 22.8 Å². The van der Waals surface area contributed by atoms with Crippen LogP contribution in [0.3, 0.4) is 0 Å². The largest absolute Gasteiger partial charge is 0.496 e. The Labute approximate surface area is 190 Å². The number of carbonyl (C=O) groups is 1. The topological polar surface area (TPSA) is 100 Å². The van der Waals surface area contributed by atoms with Gasteiger partial charge in [-0.1, -0.05) is 45.9 Å². The highest BCUT2D eigenvalue weighted by molar-refractivity contribution is 7.85. The van der Waals surface area contributed by atoms with Crippen LogP contribution >= 0.6 is 0 Å². The van der Waals surface area contributed by atoms with E-state index in [9.17, 15) is 13.2 Å². The van der Waals surface area contributed by atoms with Crippen molar-refractivity contribution in [1.29, 1.82) is 0 Å². The number of amides is 1. The van der Waals surface area contributed by atoms with Crippen molar-refractivity contribution in [2.24, 2.45) is 0 Å². The van der Waals surface area contributed by atoms with Crippen LogP contribution in [0.2, 0.25) is 0 Å². The van der Waals surface area contributed by atoms with E-state index >= 15 is 0 Å². The highest BCUT2D eigenvalue weighted by atomic mass is 32.2. The quantitative estimate of drug-likeness (QED) is 0.567. The second kappa shape index (κ2) is 10.6. The van der Waals surface area contributed by atoms with Crippen LogP contribution in [0.4, 0.5) is 0 Å². The Hall–Kier alpha value is -2.94. The number of ether oxygens (including phenoxy) is 3. The Bertz CT molecular complexity index is 1010. The third-order valence-corrected chi connectivity index (χ3v) is 5.77. The molecule has 0 atom stereocenters. The van der Waals surface area contributed by atoms with Crippen LogP contribution in [0.1, 0.15) is 56.2 Å². The number of benzene rings is 2. The molecule has 176 valence electrons. The summed E-state index contributed by atoms with van der Waals surface area (Å²) in [6.07, 6.45) is -0.304. The zero-order chi connectivity index (χ0) is 24.1. The van der Waals surface area contributed by atoms with Crippen LogP contribution in [0.25, 0.3) is 0 Å². The van der Waals surface area contributed by atoms with E-state index in [1.165, 1.54) is 21.3 Å². The number of carbonyl (C=O) groups excluding carboxylic acids is 1. The lowest BCUT2D eigenvalue weighted by Gasteiger charge is -2.19. The minimum atomic E-state index is -4.42. The van der Waals surface area contributed by atoms with Gasteiger partial charge in [0.1, 0.15) is 17.2 Å². The highest BCUT2D eigenvalue weighted by Crippen LogP contribution is 2.36. The first-order valence-corrected chi connectivity index (χ1v) is 11.6. The lowest BCUT2D eigenvalue weighted by Crippen LogP contribution is -2.35. The van der Waals surface area contributed by atoms with E-state index < -0.39 is 16.2 Å². The number of hydrogen-bond acceptors (Lipinski definition) is 7. The van der Waals surface area contributed by atoms with E-state index in [1.807, 2.05) is 50.6 Å². The van der Waals surface area contributed by atoms with Gasteiger partial charge in [0.2, 0.25) is 5.91 Å². The summed E-state index contributed by atoms with van der Waals surface area (Å²) in [6, 6.07) is 8.67. The van der Waals surface area contributed by atoms with Gasteiger partial charge in [-0.25, -0.2) is 4.72 Å². The number of hydrogen-bond donors (Lipinski definition) is 1. The summed E-state index contributed by atoms with van der Waals surface area (Å²) in [6.45, 7) is 7.78. The molecule has 9 heteroatoms. The van der Waals surface area contributed by atoms with E-state index in [4.69, 9.17) is 18.4 Å². The fraction of sp³-hybridized carbons (Fsp3) is 0.435. The maximum atomic E-state index is 12.7. The normalized spacial score (nSPS) is 11.4. The average Bonchev–Trinajstić information content (AvgIpc) is 2.72. The van der Waals surface area contributed by atoms with Crippen molar-refractivity contribution < 1.29 is 31.6 Å². The number of para-hydroxylation sites is 1. The molecule has 0 aliphatic heterocycles. The number of nitrogens with one attached hydrogen (secondary N) is 1. The van der Waals surface area contributed by atoms with Crippen molar-refractivity contribution in [3.8, 4) is 23.0 Å². The molecule has 1 N–H and O–H groups in total. The molecule has 8 nitrogen and oxygen atoms in total. The van der Waals surface area contributed by atoms with Crippen molar-refractivity contribution in [3.05, 3.63) is 47.0 Å². The molecular weight excluding hydrogens is 434 g/mol. The zero-order valence-corrected chi connectivity index (χ0v) is 20.3. The van der Waals surface area contributed by atoms with Crippen molar-refractivity contribution in [2.45, 2.75) is 46.0 Å². The molecule has 32 heavy (non-hydrogen) atoms. The molecule has 2 rings (SSSR count). The van der Waals surface area contributed by atoms with Gasteiger partial charge in [-0.3, -0.25) is 4.79 Å². The minimum Gasteiger partial charge on any atom is -0.496 e. The average molecular weight is 466 g/mol. The molecule has 0 radical (unpaired) electrons. The smallest absolute Gasteiger partial charge is 0.409 e. The van der Waals surface area contributed by atoms with Gasteiger partial charge in [-0.15, -0.1) is 0 Å². The van der Waals surface area contributed by atoms with Crippen LogP contribution in [-0.4, -0.2) is 35.7 Å². The predicted octanol–water partition coefficient (Wildman–Crippen LogP) is 3.94. The van der Waals surface area contributed by atoms with Gasteiger partial charge in [-0.05, 0) is 23.0 Å². The molecular formula is C23H31NO7S. The minimum absolute atomic E-state index is 0.0300. The summed E-state index contributed by atoms with van der Waals surface area (Å²) in [5.74, 6) is 0.663. The molecule has 0 saturated carbocycles. The summed E-state index contributed by atoms with van der Waals surface area (Å²) in [4.78, 5) is 12.6. The Morgan fingerprint density at radius 1 is 0.906 bits per heavy atom. The van der Waals surface area contributed by atoms with E-state index in [1.54, 1.807) is 12.1 Å². The van der Waals surface area contributed by atoms with Gasteiger partial charge in [0.05, 0.1) is 27.8 Å². The van der Waals surface area contributed by atoms with Crippen LogP contribution in [0.15, 0.2) is 30.3 Å². The maximum Gasteiger partial charge on any atom is 0.409 e. The first-order chi connectivity index (χ1) is 15.0. The van der Waals surface area contributed by atoms with Gasteiger partial charge < -0.3 is 18.4 Å². The molecule has 0 aliphatic carbocycles. The van der Waals surface area contributed by atoms with Gasteiger partial charge in [0.25, 0.3) is 0 Å². The fourth-order valence-corrected chi connectivity index (χ4v) is 4.10. The second-order valence-electron chi connectivity index (χ2n) is 7.82. The lowest BCUT2D eigenvalue weighted by atomic mass is 9.94. The first kappa shape index (κ1) is 25.3. The SMILES string of the molecule is COc1cc(OC)c(CC(=O)NS(=O)(=O)Oc2c(C(C)C)cccc2C(C)C)c(OC)c1. The van der Waals surface area contributed by atoms with Crippen molar-refractivity contribution >= 4 is 16.2 Å². The molecule has 0 aromatic heterocycles. The number of methoxy groups -OCH3 is 3. The third kappa shape index (κ3) is 6.06. The van der Waals surface area contributed by atoms with Crippen LogP contribution < -0.4 is 23.1 Å². The van der Waals surface area contributed by atoms with Gasteiger partial charge in [0, 0.05) is 17.7 Å². The predicted molar refractivity (Wildman–Crippen MR) is 122 cm³/mol. The summed E-state index contributed by atoms with van der Waals surface area (Å²) in [5.41, 5.74) is 1.87. The maximum absolute atomic E-state index is 12.7. The number of rotatable bonds is 10. The molecule has 0 spiro atoms. The summed E-state index contributed by atoms with van der Waals surface area (Å²) in [5, 5.41) is 0. The molecule has 0 unspecified atom stereocenters. The second-order valence-corrected chi connectivity index (χ2v) is 9.10. The van der Waals surface area contributed by atoms with Gasteiger partial charge in [0.15, 0.2) is 5.75 Å². The molecule has 0 fully saturated rings. The van der Waals surface area contributed by atoms with Crippen molar-refractivity contribution in [3.63, 3.8) is 0 Å². The monoisotopic (exact) mass is 465 g/mol. The Morgan fingerprint density at radius 3 is 1.81 bits per heavy atom. The molecule has 0 bridgehead atoms. The highest BCUT2D eigenvalue weighted by Gasteiger charge is 2.25. The molecule has 0 aliphatic rings. The van der Waals surface area contributed by atoms with E-state index in [-0.39, 0.29) is 24.0 Å². The Morgan fingerprint density at radius 2 is 1.41 bits per heavy atom. The molecule has 1 amide bonds. The first-order valence-electron chi connectivity index (χ1n) is 10.2. The van der Waals surface area contributed by atoms with E-state index in [0.717, 1.165) is 11.1 Å². The fourth-order valence-electron chi connectivity index (χ4n) is 3.30. The van der Waals surface area contributed by atoms with Gasteiger partial charge in [-0.2, -0.15) is 8.42 Å². The molecule has 2 aromatic rings. The Balaban J connectivity index is 2.31. The van der Waals surface area contributed by atoms with Crippen molar-refractivity contribution in [1.82, 2.24) is 4.72 Å². The van der Waals surface area contributed by atoms with Crippen LogP contribution in [-0.2, 0) is 21.5 Å². The Kier molecular flexibility index (Phi) is 8.38. The standard InChI is InChI=1S/C23H31NO7S/c1-14(2)17-9-8-10-18(15(3)4)23(17)31-32(26,27)24-22(25)13-19-20(29-6)11-16(28-5)12-21(19)30-7/h8-12,14-15H,13H2,1-7H3,(H,24,25). The summed E-state index contributed by atoms with van der Waals surface area (Å²) in [7, 11) is -0.0603. The van der Waals surface area contributed by atoms with Gasteiger partial charge >= 0.3 is 10.3 Å². The zero-order valence-electron chi connectivity index (χ0n) is 19.5. The molecule has 2 aromatic carbocycles. The third-order valence-electron chi connectivity index (χ3n) is 4.91. The molecule has 0 heterocycles. The van der Waals surface area contributed by atoms with E-state index in [2.05, 4.69) is 0 Å². The summed E-state index contributed by atoms with van der Waals surface area (Å²) < 4.78 is 48.7.